The van der Waals surface area contributed by atoms with Crippen molar-refractivity contribution in [3.8, 4) is 0 Å². The minimum Gasteiger partial charge on any atom is -0.373 e. The molecule has 0 aromatic carbocycles. The molecule has 18 heavy (non-hydrogen) atoms. The van der Waals surface area contributed by atoms with Crippen molar-refractivity contribution >= 4 is 17.6 Å². The second kappa shape index (κ2) is 5.30. The van der Waals surface area contributed by atoms with Gasteiger partial charge in [0.1, 0.15) is 17.2 Å². The van der Waals surface area contributed by atoms with Gasteiger partial charge >= 0.3 is 0 Å². The van der Waals surface area contributed by atoms with E-state index >= 15 is 0 Å². The summed E-state index contributed by atoms with van der Waals surface area (Å²) in [6.07, 6.45) is 1.53. The third-order valence-electron chi connectivity index (χ3n) is 2.71. The zero-order chi connectivity index (χ0) is 13.1. The maximum atomic E-state index is 4.46. The van der Waals surface area contributed by atoms with Gasteiger partial charge in [-0.05, 0) is 38.1 Å². The number of rotatable bonds is 3. The van der Waals surface area contributed by atoms with Gasteiger partial charge < -0.3 is 5.32 Å². The molecular formula is C12H15N5S. The van der Waals surface area contributed by atoms with Gasteiger partial charge in [0.25, 0.3) is 0 Å². The van der Waals surface area contributed by atoms with E-state index in [1.807, 2.05) is 33.9 Å². The molecule has 6 heteroatoms. The van der Waals surface area contributed by atoms with Crippen LogP contribution in [0.15, 0.2) is 22.6 Å². The molecule has 0 spiro atoms. The van der Waals surface area contributed by atoms with Crippen LogP contribution in [-0.2, 0) is 0 Å². The molecule has 0 fully saturated rings. The first kappa shape index (κ1) is 12.8. The standard InChI is InChI=1S/C12H15N5S/c1-7-8(2)16-12(17-9(7)3)18-11-5-10(13-4)14-6-15-11/h5-6H,1-4H3,(H,13,14,15). The average Bonchev–Trinajstić information content (AvgIpc) is 2.36. The molecule has 2 heterocycles. The van der Waals surface area contributed by atoms with Gasteiger partial charge in [-0.1, -0.05) is 0 Å². The van der Waals surface area contributed by atoms with Crippen LogP contribution in [-0.4, -0.2) is 27.0 Å². The summed E-state index contributed by atoms with van der Waals surface area (Å²) >= 11 is 1.44. The molecule has 0 saturated heterocycles. The lowest BCUT2D eigenvalue weighted by atomic mass is 10.2. The normalized spacial score (nSPS) is 10.4. The molecule has 0 unspecified atom stereocenters. The number of hydrogen-bond acceptors (Lipinski definition) is 6. The predicted octanol–water partition coefficient (Wildman–Crippen LogP) is 2.38. The molecule has 2 aromatic heterocycles. The number of nitrogens with one attached hydrogen (secondary N) is 1. The zero-order valence-corrected chi connectivity index (χ0v) is 11.7. The maximum Gasteiger partial charge on any atom is 0.194 e. The largest absolute Gasteiger partial charge is 0.373 e. The van der Waals surface area contributed by atoms with Crippen LogP contribution in [0.1, 0.15) is 17.0 Å². The van der Waals surface area contributed by atoms with Crippen molar-refractivity contribution in [2.24, 2.45) is 0 Å². The van der Waals surface area contributed by atoms with Crippen LogP contribution in [0, 0.1) is 20.8 Å². The average molecular weight is 261 g/mol. The fraction of sp³-hybridized carbons (Fsp3) is 0.333. The molecule has 0 saturated carbocycles. The van der Waals surface area contributed by atoms with E-state index in [1.54, 1.807) is 0 Å². The van der Waals surface area contributed by atoms with Gasteiger partial charge in [-0.3, -0.25) is 0 Å². The van der Waals surface area contributed by atoms with Crippen molar-refractivity contribution in [1.29, 1.82) is 0 Å². The van der Waals surface area contributed by atoms with Gasteiger partial charge in [0.2, 0.25) is 0 Å². The van der Waals surface area contributed by atoms with E-state index in [9.17, 15) is 0 Å². The number of hydrogen-bond donors (Lipinski definition) is 1. The molecule has 2 rings (SSSR count). The Morgan fingerprint density at radius 1 is 1.06 bits per heavy atom. The lowest BCUT2D eigenvalue weighted by molar-refractivity contribution is 0.877. The van der Waals surface area contributed by atoms with Crippen LogP contribution in [0.2, 0.25) is 0 Å². The predicted molar refractivity (Wildman–Crippen MR) is 71.9 cm³/mol. The molecule has 2 aromatic rings. The molecule has 94 valence electrons. The smallest absolute Gasteiger partial charge is 0.194 e. The van der Waals surface area contributed by atoms with E-state index in [1.165, 1.54) is 18.1 Å². The number of aromatic nitrogens is 4. The molecule has 0 aliphatic heterocycles. The number of anilines is 1. The topological polar surface area (TPSA) is 63.6 Å². The summed E-state index contributed by atoms with van der Waals surface area (Å²) in [5.74, 6) is 0.785. The van der Waals surface area contributed by atoms with Crippen molar-refractivity contribution in [2.45, 2.75) is 31.0 Å². The van der Waals surface area contributed by atoms with Gasteiger partial charge in [0.05, 0.1) is 0 Å². The second-order valence-corrected chi connectivity index (χ2v) is 4.88. The summed E-state index contributed by atoms with van der Waals surface area (Å²) in [4.78, 5) is 17.2. The Bertz CT molecular complexity index is 547. The van der Waals surface area contributed by atoms with Crippen LogP contribution in [0.3, 0.4) is 0 Å². The lowest BCUT2D eigenvalue weighted by Crippen LogP contribution is -1.99. The highest BCUT2D eigenvalue weighted by Crippen LogP contribution is 2.25. The Morgan fingerprint density at radius 3 is 2.33 bits per heavy atom. The van der Waals surface area contributed by atoms with E-state index < -0.39 is 0 Å². The third-order valence-corrected chi connectivity index (χ3v) is 3.50. The van der Waals surface area contributed by atoms with E-state index in [2.05, 4.69) is 25.3 Å². The molecule has 0 aliphatic carbocycles. The molecular weight excluding hydrogens is 246 g/mol. The Kier molecular flexibility index (Phi) is 3.76. The minimum atomic E-state index is 0.719. The van der Waals surface area contributed by atoms with Gasteiger partial charge in [-0.2, -0.15) is 0 Å². The molecule has 1 N–H and O–H groups in total. The van der Waals surface area contributed by atoms with Crippen LogP contribution >= 0.6 is 11.8 Å². The van der Waals surface area contributed by atoms with Crippen molar-refractivity contribution in [3.63, 3.8) is 0 Å². The Balaban J connectivity index is 2.28. The van der Waals surface area contributed by atoms with E-state index in [-0.39, 0.29) is 0 Å². The van der Waals surface area contributed by atoms with E-state index in [4.69, 9.17) is 0 Å². The lowest BCUT2D eigenvalue weighted by Gasteiger charge is -2.06. The summed E-state index contributed by atoms with van der Waals surface area (Å²) in [6, 6.07) is 1.87. The molecule has 0 amide bonds. The number of nitrogens with zero attached hydrogens (tertiary/aromatic N) is 4. The molecule has 0 atom stereocenters. The van der Waals surface area contributed by atoms with Crippen molar-refractivity contribution in [3.05, 3.63) is 29.3 Å². The van der Waals surface area contributed by atoms with Crippen molar-refractivity contribution < 1.29 is 0 Å². The monoisotopic (exact) mass is 261 g/mol. The molecule has 0 bridgehead atoms. The minimum absolute atomic E-state index is 0.719. The first-order valence-electron chi connectivity index (χ1n) is 5.59. The van der Waals surface area contributed by atoms with Crippen LogP contribution < -0.4 is 5.32 Å². The second-order valence-electron chi connectivity index (χ2n) is 3.90. The maximum absolute atomic E-state index is 4.46. The van der Waals surface area contributed by atoms with E-state index in [0.29, 0.717) is 0 Å². The van der Waals surface area contributed by atoms with Gasteiger partial charge in [0, 0.05) is 24.5 Å². The van der Waals surface area contributed by atoms with Crippen LogP contribution in [0.25, 0.3) is 0 Å². The highest BCUT2D eigenvalue weighted by atomic mass is 32.2. The number of aryl methyl sites for hydroxylation is 2. The first-order valence-corrected chi connectivity index (χ1v) is 6.41. The highest BCUT2D eigenvalue weighted by molar-refractivity contribution is 7.99. The van der Waals surface area contributed by atoms with Gasteiger partial charge in [0.15, 0.2) is 5.16 Å². The Morgan fingerprint density at radius 2 is 1.72 bits per heavy atom. The van der Waals surface area contributed by atoms with Crippen molar-refractivity contribution in [2.75, 3.05) is 12.4 Å². The molecule has 0 radical (unpaired) electrons. The van der Waals surface area contributed by atoms with Crippen LogP contribution in [0.5, 0.6) is 0 Å². The summed E-state index contributed by atoms with van der Waals surface area (Å²) in [7, 11) is 1.83. The first-order chi connectivity index (χ1) is 8.60. The summed E-state index contributed by atoms with van der Waals surface area (Å²) in [6.45, 7) is 6.02. The molecule has 0 aliphatic rings. The SMILES string of the molecule is CNc1cc(Sc2nc(C)c(C)c(C)n2)ncn1. The fourth-order valence-electron chi connectivity index (χ4n) is 1.41. The summed E-state index contributed by atoms with van der Waals surface area (Å²) in [5.41, 5.74) is 3.15. The third kappa shape index (κ3) is 2.76. The van der Waals surface area contributed by atoms with Gasteiger partial charge in [-0.15, -0.1) is 0 Å². The Hall–Kier alpha value is -1.69. The van der Waals surface area contributed by atoms with Crippen LogP contribution in [0.4, 0.5) is 5.82 Å². The van der Waals surface area contributed by atoms with Gasteiger partial charge in [-0.25, -0.2) is 19.9 Å². The summed E-state index contributed by atoms with van der Waals surface area (Å²) < 4.78 is 0. The Labute approximate surface area is 110 Å². The summed E-state index contributed by atoms with van der Waals surface area (Å²) in [5, 5.41) is 4.53. The van der Waals surface area contributed by atoms with Crippen molar-refractivity contribution in [1.82, 2.24) is 19.9 Å². The quantitative estimate of drug-likeness (QED) is 0.676. The molecule has 5 nitrogen and oxygen atoms in total. The van der Waals surface area contributed by atoms with E-state index in [0.717, 1.165) is 33.0 Å². The zero-order valence-electron chi connectivity index (χ0n) is 10.9. The highest BCUT2D eigenvalue weighted by Gasteiger charge is 2.07. The fourth-order valence-corrected chi connectivity index (χ4v) is 2.24.